The van der Waals surface area contributed by atoms with E-state index < -0.39 is 0 Å². The van der Waals surface area contributed by atoms with Gasteiger partial charge in [0.25, 0.3) is 0 Å². The van der Waals surface area contributed by atoms with Gasteiger partial charge in [0.2, 0.25) is 7.98 Å². The molecule has 0 atom stereocenters. The van der Waals surface area contributed by atoms with Crippen LogP contribution in [0.3, 0.4) is 0 Å². The molecule has 1 aromatic heterocycles. The fraction of sp³-hybridized carbons (Fsp3) is 0.200. The van der Waals surface area contributed by atoms with Crippen LogP contribution in [0.25, 0.3) is 10.9 Å². The molecule has 12 heavy (non-hydrogen) atoms. The Hall–Kier alpha value is -1.18. The Kier molecular flexibility index (Phi) is 1.50. The first-order valence-corrected chi connectivity index (χ1v) is 4.03. The normalized spacial score (nSPS) is 10.8. The van der Waals surface area contributed by atoms with Gasteiger partial charge in [-0.3, -0.25) is 0 Å². The van der Waals surface area contributed by atoms with Crippen LogP contribution in [-0.2, 0) is 0 Å². The van der Waals surface area contributed by atoms with Gasteiger partial charge in [0.15, 0.2) is 0 Å². The van der Waals surface area contributed by atoms with Gasteiger partial charge in [-0.2, -0.15) is 0 Å². The summed E-state index contributed by atoms with van der Waals surface area (Å²) in [6, 6.07) is 8.18. The number of fused-ring (bicyclic) bond motifs is 1. The molecular weight excluding hydrogens is 145 g/mol. The Balaban J connectivity index is 2.99. The Labute approximate surface area is 73.4 Å². The fourth-order valence-corrected chi connectivity index (χ4v) is 1.56. The lowest BCUT2D eigenvalue weighted by molar-refractivity contribution is 1.17. The summed E-state index contributed by atoms with van der Waals surface area (Å²) in [7, 11) is 5.86. The van der Waals surface area contributed by atoms with E-state index in [2.05, 4.69) is 13.0 Å². The average molecular weight is 155 g/mol. The van der Waals surface area contributed by atoms with Crippen LogP contribution < -0.4 is 0 Å². The van der Waals surface area contributed by atoms with Gasteiger partial charge < -0.3 is 4.48 Å². The van der Waals surface area contributed by atoms with Crippen LogP contribution in [0.1, 0.15) is 11.3 Å². The standard InChI is InChI=1S/C10H10BN/c1-7-8(2)12(11)10-6-4-3-5-9(7)10/h3-6H,1-2H3. The van der Waals surface area contributed by atoms with Gasteiger partial charge in [0.1, 0.15) is 0 Å². The summed E-state index contributed by atoms with van der Waals surface area (Å²) in [4.78, 5) is 0. The van der Waals surface area contributed by atoms with Gasteiger partial charge in [0.05, 0.1) is 0 Å². The molecule has 1 nitrogen and oxygen atoms in total. The molecule has 0 unspecified atom stereocenters. The van der Waals surface area contributed by atoms with Crippen molar-refractivity contribution in [3.63, 3.8) is 0 Å². The summed E-state index contributed by atoms with van der Waals surface area (Å²) in [6.07, 6.45) is 0. The maximum atomic E-state index is 5.86. The van der Waals surface area contributed by atoms with Crippen LogP contribution >= 0.6 is 0 Å². The second-order valence-electron chi connectivity index (χ2n) is 3.10. The summed E-state index contributed by atoms with van der Waals surface area (Å²) in [6.45, 7) is 4.14. The second-order valence-corrected chi connectivity index (χ2v) is 3.10. The molecule has 58 valence electrons. The van der Waals surface area contributed by atoms with Gasteiger partial charge in [-0.25, -0.2) is 0 Å². The van der Waals surface area contributed by atoms with Gasteiger partial charge in [-0.15, -0.1) is 0 Å². The van der Waals surface area contributed by atoms with Crippen molar-refractivity contribution in [3.05, 3.63) is 35.5 Å². The van der Waals surface area contributed by atoms with Crippen molar-refractivity contribution in [2.45, 2.75) is 13.8 Å². The van der Waals surface area contributed by atoms with E-state index in [4.69, 9.17) is 7.98 Å². The minimum absolute atomic E-state index is 1.10. The van der Waals surface area contributed by atoms with Crippen LogP contribution in [0.15, 0.2) is 24.3 Å². The molecule has 2 heteroatoms. The van der Waals surface area contributed by atoms with E-state index >= 15 is 0 Å². The largest absolute Gasteiger partial charge is 0.401 e. The molecule has 2 aromatic rings. The predicted octanol–water partition coefficient (Wildman–Crippen LogP) is 2.19. The zero-order valence-electron chi connectivity index (χ0n) is 7.33. The van der Waals surface area contributed by atoms with Crippen molar-refractivity contribution in [2.24, 2.45) is 0 Å². The molecule has 0 saturated carbocycles. The molecule has 0 bridgehead atoms. The molecule has 1 aromatic carbocycles. The third-order valence-electron chi connectivity index (χ3n) is 2.47. The lowest BCUT2D eigenvalue weighted by Gasteiger charge is -1.97. The average Bonchev–Trinajstić information content (AvgIpc) is 2.33. The lowest BCUT2D eigenvalue weighted by Crippen LogP contribution is -1.93. The number of aryl methyl sites for hydroxylation is 1. The summed E-state index contributed by atoms with van der Waals surface area (Å²) in [5.41, 5.74) is 3.51. The Morgan fingerprint density at radius 2 is 1.83 bits per heavy atom. The van der Waals surface area contributed by atoms with Crippen molar-refractivity contribution >= 4 is 18.9 Å². The molecule has 0 amide bonds. The first-order chi connectivity index (χ1) is 5.72. The molecule has 0 N–H and O–H groups in total. The molecule has 0 saturated heterocycles. The van der Waals surface area contributed by atoms with Crippen molar-refractivity contribution in [1.82, 2.24) is 4.48 Å². The Morgan fingerprint density at radius 3 is 2.50 bits per heavy atom. The zero-order valence-corrected chi connectivity index (χ0v) is 7.33. The number of benzene rings is 1. The monoisotopic (exact) mass is 155 g/mol. The van der Waals surface area contributed by atoms with E-state index in [-0.39, 0.29) is 0 Å². The topological polar surface area (TPSA) is 4.93 Å². The SMILES string of the molecule is [B]n1c(C)c(C)c2ccccc21. The van der Waals surface area contributed by atoms with E-state index in [0.29, 0.717) is 0 Å². The van der Waals surface area contributed by atoms with Gasteiger partial charge in [-0.1, -0.05) is 18.2 Å². The number of para-hydroxylation sites is 1. The zero-order chi connectivity index (χ0) is 8.72. The summed E-state index contributed by atoms with van der Waals surface area (Å²) >= 11 is 0. The van der Waals surface area contributed by atoms with E-state index in [1.165, 1.54) is 10.9 Å². The minimum Gasteiger partial charge on any atom is -0.401 e. The Bertz CT molecular complexity index is 390. The molecule has 0 aliphatic rings. The van der Waals surface area contributed by atoms with Crippen LogP contribution in [0, 0.1) is 13.8 Å². The van der Waals surface area contributed by atoms with Gasteiger partial charge in [-0.05, 0) is 25.5 Å². The van der Waals surface area contributed by atoms with Gasteiger partial charge >= 0.3 is 0 Å². The molecule has 1 heterocycles. The van der Waals surface area contributed by atoms with Crippen LogP contribution in [0.2, 0.25) is 0 Å². The second kappa shape index (κ2) is 2.41. The van der Waals surface area contributed by atoms with E-state index in [9.17, 15) is 0 Å². The third-order valence-corrected chi connectivity index (χ3v) is 2.47. The maximum absolute atomic E-state index is 5.86. The highest BCUT2D eigenvalue weighted by atomic mass is 14.9. The molecular formula is C10H10BN. The number of rotatable bonds is 0. The summed E-state index contributed by atoms with van der Waals surface area (Å²) in [5, 5.41) is 1.25. The highest BCUT2D eigenvalue weighted by molar-refractivity contribution is 6.12. The van der Waals surface area contributed by atoms with Crippen molar-refractivity contribution in [3.8, 4) is 0 Å². The molecule has 0 spiro atoms. The van der Waals surface area contributed by atoms with Crippen molar-refractivity contribution in [1.29, 1.82) is 0 Å². The first-order valence-electron chi connectivity index (χ1n) is 4.03. The smallest absolute Gasteiger partial charge is 0.234 e. The molecule has 0 aliphatic carbocycles. The molecule has 0 aliphatic heterocycles. The quantitative estimate of drug-likeness (QED) is 0.514. The van der Waals surface area contributed by atoms with Crippen LogP contribution in [0.5, 0.6) is 0 Å². The van der Waals surface area contributed by atoms with Gasteiger partial charge in [0, 0.05) is 16.6 Å². The first kappa shape index (κ1) is 7.47. The number of aromatic nitrogens is 1. The minimum atomic E-state index is 1.10. The maximum Gasteiger partial charge on any atom is 0.234 e. The molecule has 0 fully saturated rings. The van der Waals surface area contributed by atoms with Crippen molar-refractivity contribution < 1.29 is 0 Å². The van der Waals surface area contributed by atoms with E-state index in [1.54, 1.807) is 4.48 Å². The fourth-order valence-electron chi connectivity index (χ4n) is 1.56. The number of nitrogens with zero attached hydrogens (tertiary/aromatic N) is 1. The number of hydrogen-bond acceptors (Lipinski definition) is 0. The Morgan fingerprint density at radius 1 is 1.17 bits per heavy atom. The van der Waals surface area contributed by atoms with Crippen LogP contribution in [0.4, 0.5) is 0 Å². The molecule has 2 radical (unpaired) electrons. The van der Waals surface area contributed by atoms with Crippen molar-refractivity contribution in [2.75, 3.05) is 0 Å². The van der Waals surface area contributed by atoms with Crippen LogP contribution in [-0.4, -0.2) is 12.5 Å². The lowest BCUT2D eigenvalue weighted by atomic mass is 10.2. The number of hydrogen-bond donors (Lipinski definition) is 0. The predicted molar refractivity (Wildman–Crippen MR) is 52.6 cm³/mol. The van der Waals surface area contributed by atoms with E-state index in [0.717, 1.165) is 11.2 Å². The third kappa shape index (κ3) is 0.810. The summed E-state index contributed by atoms with van der Waals surface area (Å²) in [5.74, 6) is 0. The molecule has 2 rings (SSSR count). The summed E-state index contributed by atoms with van der Waals surface area (Å²) < 4.78 is 1.74. The highest BCUT2D eigenvalue weighted by Crippen LogP contribution is 2.22. The highest BCUT2D eigenvalue weighted by Gasteiger charge is 2.05. The van der Waals surface area contributed by atoms with E-state index in [1.807, 2.05) is 25.1 Å².